The maximum atomic E-state index is 14.5. The van der Waals surface area contributed by atoms with Crippen LogP contribution in [0.2, 0.25) is 0 Å². The minimum Gasteiger partial charge on any atom is -0.393 e. The first kappa shape index (κ1) is 17.1. The van der Waals surface area contributed by atoms with Crippen molar-refractivity contribution >= 4 is 17.8 Å². The van der Waals surface area contributed by atoms with Gasteiger partial charge in [-0.15, -0.1) is 0 Å². The summed E-state index contributed by atoms with van der Waals surface area (Å²) in [4.78, 5) is 0. The topological polar surface area (TPSA) is 37.3 Å². The van der Waals surface area contributed by atoms with Gasteiger partial charge < -0.3 is 9.67 Å². The van der Waals surface area contributed by atoms with E-state index in [-0.39, 0.29) is 16.9 Å². The van der Waals surface area contributed by atoms with E-state index in [2.05, 4.69) is 13.8 Å². The van der Waals surface area contributed by atoms with Crippen LogP contribution in [0, 0.1) is 16.7 Å². The van der Waals surface area contributed by atoms with Gasteiger partial charge in [0.05, 0.1) is 6.10 Å². The molecule has 0 radical (unpaired) electrons. The Labute approximate surface area is 150 Å². The smallest absolute Gasteiger partial charge is 0.143 e. The first-order chi connectivity index (χ1) is 11.9. The molecule has 0 aliphatic heterocycles. The van der Waals surface area contributed by atoms with Gasteiger partial charge in [-0.25, -0.2) is 0 Å². The minimum absolute atomic E-state index is 0.0897. The maximum absolute atomic E-state index is 14.5. The zero-order valence-corrected chi connectivity index (χ0v) is 16.0. The van der Waals surface area contributed by atoms with Crippen LogP contribution >= 0.6 is 7.14 Å². The van der Waals surface area contributed by atoms with Crippen LogP contribution in [0.25, 0.3) is 0 Å². The third kappa shape index (κ3) is 2.38. The van der Waals surface area contributed by atoms with E-state index in [4.69, 9.17) is 0 Å². The van der Waals surface area contributed by atoms with Crippen molar-refractivity contribution in [1.29, 1.82) is 0 Å². The van der Waals surface area contributed by atoms with Gasteiger partial charge in [-0.2, -0.15) is 0 Å². The van der Waals surface area contributed by atoms with E-state index in [0.29, 0.717) is 12.1 Å². The minimum atomic E-state index is -2.75. The fourth-order valence-corrected chi connectivity index (χ4v) is 8.96. The lowest BCUT2D eigenvalue weighted by atomic mass is 9.70. The highest BCUT2D eigenvalue weighted by atomic mass is 31.2. The molecule has 2 aliphatic rings. The molecule has 0 heterocycles. The molecule has 2 aliphatic carbocycles. The predicted octanol–water partition coefficient (Wildman–Crippen LogP) is 4.19. The molecular formula is C22H27O2P. The van der Waals surface area contributed by atoms with E-state index >= 15 is 0 Å². The second-order valence-electron chi connectivity index (χ2n) is 8.39. The fraction of sp³-hybridized carbons (Fsp3) is 0.455. The number of fused-ring (bicyclic) bond motifs is 2. The Balaban J connectivity index is 1.83. The quantitative estimate of drug-likeness (QED) is 0.836. The Hall–Kier alpha value is -1.37. The Bertz CT molecular complexity index is 760. The fourth-order valence-electron chi connectivity index (χ4n) is 5.44. The van der Waals surface area contributed by atoms with Crippen molar-refractivity contribution in [2.75, 3.05) is 6.16 Å². The van der Waals surface area contributed by atoms with Crippen LogP contribution in [-0.4, -0.2) is 17.4 Å². The van der Waals surface area contributed by atoms with Gasteiger partial charge in [-0.3, -0.25) is 0 Å². The lowest BCUT2D eigenvalue weighted by Gasteiger charge is -2.42. The van der Waals surface area contributed by atoms with E-state index in [9.17, 15) is 9.67 Å². The highest BCUT2D eigenvalue weighted by Gasteiger charge is 2.64. The van der Waals surface area contributed by atoms with Gasteiger partial charge >= 0.3 is 0 Å². The van der Waals surface area contributed by atoms with Crippen LogP contribution in [0.3, 0.4) is 0 Å². The van der Waals surface area contributed by atoms with Crippen molar-refractivity contribution in [3.63, 3.8) is 0 Å². The zero-order valence-electron chi connectivity index (χ0n) is 15.1. The summed E-state index contributed by atoms with van der Waals surface area (Å²) in [7, 11) is -2.75. The van der Waals surface area contributed by atoms with Crippen molar-refractivity contribution in [2.45, 2.75) is 39.2 Å². The molecule has 1 N–H and O–H groups in total. The van der Waals surface area contributed by atoms with Crippen molar-refractivity contribution in [3.05, 3.63) is 60.7 Å². The second-order valence-corrected chi connectivity index (χ2v) is 11.2. The summed E-state index contributed by atoms with van der Waals surface area (Å²) < 4.78 is 14.5. The van der Waals surface area contributed by atoms with Gasteiger partial charge in [0.25, 0.3) is 0 Å². The number of rotatable bonds is 4. The highest BCUT2D eigenvalue weighted by Crippen LogP contribution is 2.69. The Morgan fingerprint density at radius 3 is 1.92 bits per heavy atom. The first-order valence-corrected chi connectivity index (χ1v) is 11.2. The molecule has 2 aromatic rings. The molecule has 25 heavy (non-hydrogen) atoms. The molecule has 4 atom stereocenters. The molecule has 132 valence electrons. The van der Waals surface area contributed by atoms with Gasteiger partial charge in [0.1, 0.15) is 7.14 Å². The molecule has 0 amide bonds. The van der Waals surface area contributed by atoms with E-state index in [1.165, 1.54) is 0 Å². The lowest BCUT2D eigenvalue weighted by Crippen LogP contribution is -2.41. The third-order valence-corrected chi connectivity index (χ3v) is 10.7. The highest BCUT2D eigenvalue weighted by molar-refractivity contribution is 7.78. The van der Waals surface area contributed by atoms with E-state index in [1.54, 1.807) is 0 Å². The molecule has 4 unspecified atom stereocenters. The number of aliphatic hydroxyl groups is 1. The molecule has 0 spiro atoms. The van der Waals surface area contributed by atoms with Crippen molar-refractivity contribution < 1.29 is 9.67 Å². The van der Waals surface area contributed by atoms with Crippen molar-refractivity contribution in [3.8, 4) is 0 Å². The van der Waals surface area contributed by atoms with Gasteiger partial charge in [-0.05, 0) is 36.0 Å². The molecule has 2 aromatic carbocycles. The summed E-state index contributed by atoms with van der Waals surface area (Å²) in [6, 6.07) is 19.9. The van der Waals surface area contributed by atoms with Crippen molar-refractivity contribution in [2.24, 2.45) is 16.7 Å². The predicted molar refractivity (Wildman–Crippen MR) is 104 cm³/mol. The van der Waals surface area contributed by atoms with E-state index < -0.39 is 7.14 Å². The van der Waals surface area contributed by atoms with E-state index in [0.717, 1.165) is 29.9 Å². The van der Waals surface area contributed by atoms with Crippen LogP contribution in [0.15, 0.2) is 60.7 Å². The van der Waals surface area contributed by atoms with Gasteiger partial charge in [0.15, 0.2) is 0 Å². The Kier molecular flexibility index (Phi) is 3.98. The Morgan fingerprint density at radius 1 is 1.00 bits per heavy atom. The molecule has 0 aromatic heterocycles. The van der Waals surface area contributed by atoms with Gasteiger partial charge in [-0.1, -0.05) is 74.5 Å². The molecular weight excluding hydrogens is 327 g/mol. The monoisotopic (exact) mass is 354 g/mol. The molecule has 2 nitrogen and oxygen atoms in total. The number of hydrogen-bond acceptors (Lipinski definition) is 2. The Morgan fingerprint density at radius 2 is 1.52 bits per heavy atom. The summed E-state index contributed by atoms with van der Waals surface area (Å²) in [5, 5.41) is 12.5. The molecule has 3 heteroatoms. The van der Waals surface area contributed by atoms with Crippen LogP contribution in [0.4, 0.5) is 0 Å². The van der Waals surface area contributed by atoms with E-state index in [1.807, 2.05) is 60.7 Å². The standard InChI is InChI=1S/C22H27O2P/c1-21-14-13-17(15-20(21)23)22(21,2)16-25(24,18-9-5-3-6-10-18)19-11-7-4-8-12-19/h3-12,17,20,23H,13-16H2,1-2H3. The summed E-state index contributed by atoms with van der Waals surface area (Å²) in [5.41, 5.74) is -0.218. The molecule has 0 saturated heterocycles. The van der Waals surface area contributed by atoms with Crippen LogP contribution in [0.5, 0.6) is 0 Å². The third-order valence-electron chi connectivity index (χ3n) is 7.36. The number of benzene rings is 2. The largest absolute Gasteiger partial charge is 0.393 e. The number of hydrogen-bond donors (Lipinski definition) is 1. The van der Waals surface area contributed by atoms with Crippen LogP contribution < -0.4 is 10.6 Å². The maximum Gasteiger partial charge on any atom is 0.143 e. The molecule has 2 saturated carbocycles. The number of aliphatic hydroxyl groups excluding tert-OH is 1. The van der Waals surface area contributed by atoms with Gasteiger partial charge in [0, 0.05) is 16.8 Å². The van der Waals surface area contributed by atoms with Crippen LogP contribution in [0.1, 0.15) is 33.1 Å². The van der Waals surface area contributed by atoms with Gasteiger partial charge in [0.2, 0.25) is 0 Å². The normalized spacial score (nSPS) is 34.4. The van der Waals surface area contributed by atoms with Crippen LogP contribution in [-0.2, 0) is 4.57 Å². The first-order valence-electron chi connectivity index (χ1n) is 9.28. The lowest BCUT2D eigenvalue weighted by molar-refractivity contribution is 0.0138. The molecule has 4 rings (SSSR count). The average Bonchev–Trinajstić information content (AvgIpc) is 2.98. The average molecular weight is 354 g/mol. The zero-order chi connectivity index (χ0) is 17.7. The summed E-state index contributed by atoms with van der Waals surface area (Å²) in [5.74, 6) is 0.466. The summed E-state index contributed by atoms with van der Waals surface area (Å²) in [6.07, 6.45) is 3.42. The second kappa shape index (κ2) is 5.83. The SMILES string of the molecule is CC12CCC(CC1O)C2(C)CP(=O)(c1ccccc1)c1ccccc1. The summed E-state index contributed by atoms with van der Waals surface area (Å²) >= 11 is 0. The molecule has 2 fully saturated rings. The molecule has 2 bridgehead atoms. The van der Waals surface area contributed by atoms with Crippen molar-refractivity contribution in [1.82, 2.24) is 0 Å². The summed E-state index contributed by atoms with van der Waals surface area (Å²) in [6.45, 7) is 4.49.